The minimum absolute atomic E-state index is 0.264. The molecule has 17 heavy (non-hydrogen) atoms. The zero-order valence-corrected chi connectivity index (χ0v) is 9.97. The van der Waals surface area contributed by atoms with Crippen LogP contribution in [-0.2, 0) is 0 Å². The molecule has 2 N–H and O–H groups in total. The molecule has 0 radical (unpaired) electrons. The van der Waals surface area contributed by atoms with Crippen molar-refractivity contribution in [2.24, 2.45) is 0 Å². The second-order valence-electron chi connectivity index (χ2n) is 3.72. The molecule has 6 heteroatoms. The van der Waals surface area contributed by atoms with E-state index >= 15 is 0 Å². The third-order valence-corrected chi connectivity index (χ3v) is 2.18. The summed E-state index contributed by atoms with van der Waals surface area (Å²) in [5.41, 5.74) is 1.04. The molecule has 0 spiro atoms. The Hall–Kier alpha value is -2.24. The minimum atomic E-state index is -1.05. The number of hydrogen-bond acceptors (Lipinski definition) is 2. The number of nitrogens with one attached hydrogen (secondary N) is 1. The maximum atomic E-state index is 11.4. The fourth-order valence-corrected chi connectivity index (χ4v) is 1.14. The maximum absolute atomic E-state index is 11.4. The fourth-order valence-electron chi connectivity index (χ4n) is 1.14. The Balaban J connectivity index is 2.86. The van der Waals surface area contributed by atoms with Crippen LogP contribution in [-0.4, -0.2) is 43.3 Å². The van der Waals surface area contributed by atoms with Gasteiger partial charge in [-0.15, -0.1) is 0 Å². The molecular formula is C11H15N3O3. The largest absolute Gasteiger partial charge is 0.465 e. The average Bonchev–Trinajstić information content (AvgIpc) is 2.28. The molecule has 0 fully saturated rings. The Labute approximate surface area is 99.4 Å². The van der Waals surface area contributed by atoms with Crippen molar-refractivity contribution in [2.75, 3.05) is 31.4 Å². The van der Waals surface area contributed by atoms with Gasteiger partial charge >= 0.3 is 12.1 Å². The van der Waals surface area contributed by atoms with E-state index in [1.165, 1.54) is 11.9 Å². The number of carbonyl (C=O) groups excluding carboxylic acids is 1. The van der Waals surface area contributed by atoms with Crippen LogP contribution in [0.1, 0.15) is 0 Å². The molecule has 1 aromatic carbocycles. The molecule has 0 saturated carbocycles. The number of hydrogen-bond donors (Lipinski definition) is 2. The monoisotopic (exact) mass is 237 g/mol. The van der Waals surface area contributed by atoms with Gasteiger partial charge in [0.05, 0.1) is 0 Å². The highest BCUT2D eigenvalue weighted by Gasteiger charge is 2.09. The van der Waals surface area contributed by atoms with E-state index in [4.69, 9.17) is 5.11 Å². The van der Waals surface area contributed by atoms with E-state index in [2.05, 4.69) is 5.32 Å². The summed E-state index contributed by atoms with van der Waals surface area (Å²) in [6.45, 7) is 0. The van der Waals surface area contributed by atoms with Crippen LogP contribution in [0.15, 0.2) is 24.3 Å². The molecule has 6 nitrogen and oxygen atoms in total. The second-order valence-corrected chi connectivity index (χ2v) is 3.72. The summed E-state index contributed by atoms with van der Waals surface area (Å²) < 4.78 is 0. The Morgan fingerprint density at radius 3 is 2.41 bits per heavy atom. The van der Waals surface area contributed by atoms with E-state index in [0.717, 1.165) is 4.90 Å². The number of amides is 3. The van der Waals surface area contributed by atoms with E-state index in [9.17, 15) is 9.59 Å². The number of rotatable bonds is 2. The maximum Gasteiger partial charge on any atom is 0.411 e. The van der Waals surface area contributed by atoms with Crippen LogP contribution >= 0.6 is 0 Å². The first-order chi connectivity index (χ1) is 7.91. The highest BCUT2D eigenvalue weighted by atomic mass is 16.4. The van der Waals surface area contributed by atoms with Crippen molar-refractivity contribution in [3.8, 4) is 0 Å². The lowest BCUT2D eigenvalue weighted by molar-refractivity contribution is 0.203. The first-order valence-electron chi connectivity index (χ1n) is 4.97. The lowest BCUT2D eigenvalue weighted by atomic mass is 10.2. The molecule has 0 heterocycles. The van der Waals surface area contributed by atoms with Gasteiger partial charge in [0.1, 0.15) is 0 Å². The van der Waals surface area contributed by atoms with Crippen LogP contribution in [0.3, 0.4) is 0 Å². The van der Waals surface area contributed by atoms with Gasteiger partial charge < -0.3 is 15.3 Å². The molecule has 0 aliphatic rings. The molecule has 0 aromatic heterocycles. The Kier molecular flexibility index (Phi) is 3.92. The number of carboxylic acid groups (broad SMARTS) is 1. The third kappa shape index (κ3) is 3.37. The highest BCUT2D eigenvalue weighted by Crippen LogP contribution is 2.18. The Morgan fingerprint density at radius 2 is 1.88 bits per heavy atom. The summed E-state index contributed by atoms with van der Waals surface area (Å²) in [5, 5.41) is 11.5. The predicted octanol–water partition coefficient (Wildman–Crippen LogP) is 1.89. The molecule has 0 saturated heterocycles. The van der Waals surface area contributed by atoms with Gasteiger partial charge in [-0.05, 0) is 18.2 Å². The Morgan fingerprint density at radius 1 is 1.24 bits per heavy atom. The zero-order chi connectivity index (χ0) is 13.0. The summed E-state index contributed by atoms with van der Waals surface area (Å²) in [6, 6.07) is 6.36. The molecule has 0 unspecified atom stereocenters. The van der Waals surface area contributed by atoms with Crippen molar-refractivity contribution >= 4 is 23.5 Å². The van der Waals surface area contributed by atoms with Crippen molar-refractivity contribution in [3.05, 3.63) is 24.3 Å². The predicted molar refractivity (Wildman–Crippen MR) is 65.6 cm³/mol. The Bertz CT molecular complexity index is 432. The first kappa shape index (κ1) is 12.8. The van der Waals surface area contributed by atoms with Crippen LogP contribution in [0.2, 0.25) is 0 Å². The van der Waals surface area contributed by atoms with Gasteiger partial charge in [-0.1, -0.05) is 6.07 Å². The van der Waals surface area contributed by atoms with Crippen molar-refractivity contribution < 1.29 is 14.7 Å². The zero-order valence-electron chi connectivity index (χ0n) is 9.97. The van der Waals surface area contributed by atoms with E-state index in [1.54, 1.807) is 38.4 Å². The van der Waals surface area contributed by atoms with Crippen LogP contribution in [0.25, 0.3) is 0 Å². The van der Waals surface area contributed by atoms with Gasteiger partial charge in [0.15, 0.2) is 0 Å². The van der Waals surface area contributed by atoms with E-state index in [1.807, 2.05) is 0 Å². The molecular weight excluding hydrogens is 222 g/mol. The van der Waals surface area contributed by atoms with Crippen LogP contribution in [0.4, 0.5) is 21.0 Å². The van der Waals surface area contributed by atoms with Gasteiger partial charge in [0.25, 0.3) is 0 Å². The summed E-state index contributed by atoms with van der Waals surface area (Å²) >= 11 is 0. The number of urea groups is 1. The normalized spacial score (nSPS) is 9.59. The van der Waals surface area contributed by atoms with Gasteiger partial charge in [-0.25, -0.2) is 9.59 Å². The number of benzene rings is 1. The molecule has 0 aliphatic carbocycles. The van der Waals surface area contributed by atoms with Crippen molar-refractivity contribution in [1.82, 2.24) is 4.90 Å². The quantitative estimate of drug-likeness (QED) is 0.825. The van der Waals surface area contributed by atoms with Gasteiger partial charge in [-0.3, -0.25) is 4.90 Å². The lowest BCUT2D eigenvalue weighted by Gasteiger charge is -2.16. The summed E-state index contributed by atoms with van der Waals surface area (Å²) in [6.07, 6.45) is -1.05. The molecule has 0 bridgehead atoms. The molecule has 0 aliphatic heterocycles. The highest BCUT2D eigenvalue weighted by molar-refractivity contribution is 5.91. The van der Waals surface area contributed by atoms with Gasteiger partial charge in [0, 0.05) is 32.5 Å². The smallest absolute Gasteiger partial charge is 0.411 e. The van der Waals surface area contributed by atoms with Crippen LogP contribution in [0, 0.1) is 0 Å². The third-order valence-electron chi connectivity index (χ3n) is 2.18. The fraction of sp³-hybridized carbons (Fsp3) is 0.273. The first-order valence-corrected chi connectivity index (χ1v) is 4.97. The van der Waals surface area contributed by atoms with E-state index in [-0.39, 0.29) is 6.03 Å². The number of carbonyl (C=O) groups is 2. The molecule has 0 atom stereocenters. The van der Waals surface area contributed by atoms with E-state index < -0.39 is 6.09 Å². The SMILES string of the molecule is CN(C)C(=O)Nc1cccc(N(C)C(=O)O)c1. The molecule has 1 aromatic rings. The van der Waals surface area contributed by atoms with Gasteiger partial charge in [0.2, 0.25) is 0 Å². The van der Waals surface area contributed by atoms with Crippen molar-refractivity contribution in [2.45, 2.75) is 0 Å². The summed E-state index contributed by atoms with van der Waals surface area (Å²) in [7, 11) is 4.69. The number of nitrogens with zero attached hydrogens (tertiary/aromatic N) is 2. The van der Waals surface area contributed by atoms with E-state index in [0.29, 0.717) is 11.4 Å². The van der Waals surface area contributed by atoms with Crippen molar-refractivity contribution in [3.63, 3.8) is 0 Å². The lowest BCUT2D eigenvalue weighted by Crippen LogP contribution is -2.27. The molecule has 1 rings (SSSR count). The summed E-state index contributed by atoms with van der Waals surface area (Å²) in [4.78, 5) is 24.7. The molecule has 92 valence electrons. The average molecular weight is 237 g/mol. The molecule has 3 amide bonds. The minimum Gasteiger partial charge on any atom is -0.465 e. The summed E-state index contributed by atoms with van der Waals surface area (Å²) in [5.74, 6) is 0. The van der Waals surface area contributed by atoms with Gasteiger partial charge in [-0.2, -0.15) is 0 Å². The number of anilines is 2. The van der Waals surface area contributed by atoms with Crippen LogP contribution < -0.4 is 10.2 Å². The second kappa shape index (κ2) is 5.20. The van der Waals surface area contributed by atoms with Crippen molar-refractivity contribution in [1.29, 1.82) is 0 Å². The standard InChI is InChI=1S/C11H15N3O3/c1-13(2)10(15)12-8-5-4-6-9(7-8)14(3)11(16)17/h4-7H,1-3H3,(H,12,15)(H,16,17). The van der Waals surface area contributed by atoms with Crippen LogP contribution in [0.5, 0.6) is 0 Å². The topological polar surface area (TPSA) is 72.9 Å².